The standard InChI is InChI=1S/C18H28N2O5Si/c1-18(2,3)26(4,5)25-16-10-12-19(13-11-16)17(21)24-15-8-6-14(7-9-15)20(22)23/h6-9,16H,10-13H2,1-5H3. The van der Waals surface area contributed by atoms with E-state index in [9.17, 15) is 14.9 Å². The average molecular weight is 381 g/mol. The molecule has 0 aliphatic carbocycles. The number of hydrogen-bond donors (Lipinski definition) is 0. The van der Waals surface area contributed by atoms with Crippen LogP contribution < -0.4 is 4.74 Å². The fourth-order valence-electron chi connectivity index (χ4n) is 2.55. The fraction of sp³-hybridized carbons (Fsp3) is 0.611. The number of ether oxygens (including phenoxy) is 1. The van der Waals surface area contributed by atoms with E-state index in [2.05, 4.69) is 33.9 Å². The molecule has 1 saturated heterocycles. The van der Waals surface area contributed by atoms with E-state index in [0.29, 0.717) is 18.8 Å². The van der Waals surface area contributed by atoms with Gasteiger partial charge in [0, 0.05) is 31.3 Å². The van der Waals surface area contributed by atoms with E-state index in [0.717, 1.165) is 12.8 Å². The third-order valence-electron chi connectivity index (χ3n) is 5.22. The molecule has 1 amide bonds. The minimum absolute atomic E-state index is 0.0339. The van der Waals surface area contributed by atoms with Gasteiger partial charge in [0.25, 0.3) is 5.69 Å². The van der Waals surface area contributed by atoms with Crippen LogP contribution in [0.3, 0.4) is 0 Å². The van der Waals surface area contributed by atoms with Crippen LogP contribution in [0.5, 0.6) is 5.75 Å². The van der Waals surface area contributed by atoms with Crippen molar-refractivity contribution < 1.29 is 18.9 Å². The lowest BCUT2D eigenvalue weighted by Gasteiger charge is -2.41. The van der Waals surface area contributed by atoms with Crippen LogP contribution in [-0.2, 0) is 4.43 Å². The summed E-state index contributed by atoms with van der Waals surface area (Å²) in [5.41, 5.74) is -0.0339. The lowest BCUT2D eigenvalue weighted by molar-refractivity contribution is -0.384. The molecule has 1 aliphatic heterocycles. The van der Waals surface area contributed by atoms with E-state index in [4.69, 9.17) is 9.16 Å². The van der Waals surface area contributed by atoms with Gasteiger partial charge in [-0.25, -0.2) is 4.79 Å². The van der Waals surface area contributed by atoms with Crippen molar-refractivity contribution in [1.82, 2.24) is 4.90 Å². The highest BCUT2D eigenvalue weighted by atomic mass is 28.4. The van der Waals surface area contributed by atoms with Gasteiger partial charge in [0.2, 0.25) is 0 Å². The van der Waals surface area contributed by atoms with Crippen molar-refractivity contribution in [2.24, 2.45) is 0 Å². The SMILES string of the molecule is CC(C)(C)[Si](C)(C)OC1CCN(C(=O)Oc2ccc([N+](=O)[O-])cc2)CC1. The molecule has 1 fully saturated rings. The topological polar surface area (TPSA) is 81.9 Å². The monoisotopic (exact) mass is 380 g/mol. The Bertz CT molecular complexity index is 647. The summed E-state index contributed by atoms with van der Waals surface area (Å²) in [5, 5.41) is 10.8. The maximum Gasteiger partial charge on any atom is 0.415 e. The molecular weight excluding hydrogens is 352 g/mol. The maximum atomic E-state index is 12.3. The van der Waals surface area contributed by atoms with Gasteiger partial charge >= 0.3 is 6.09 Å². The number of rotatable bonds is 4. The van der Waals surface area contributed by atoms with Crippen LogP contribution in [0, 0.1) is 10.1 Å². The molecule has 0 unspecified atom stereocenters. The van der Waals surface area contributed by atoms with Gasteiger partial charge in [-0.1, -0.05) is 20.8 Å². The van der Waals surface area contributed by atoms with Crippen LogP contribution in [0.15, 0.2) is 24.3 Å². The smallest absolute Gasteiger partial charge is 0.414 e. The number of piperidine rings is 1. The summed E-state index contributed by atoms with van der Waals surface area (Å²) >= 11 is 0. The maximum absolute atomic E-state index is 12.3. The van der Waals surface area contributed by atoms with Gasteiger partial charge in [0.1, 0.15) is 5.75 Å². The van der Waals surface area contributed by atoms with Crippen molar-refractivity contribution in [3.8, 4) is 5.75 Å². The quantitative estimate of drug-likeness (QED) is 0.434. The van der Waals surface area contributed by atoms with Crippen molar-refractivity contribution in [2.75, 3.05) is 13.1 Å². The molecule has 7 nitrogen and oxygen atoms in total. The molecule has 0 atom stereocenters. The molecule has 2 rings (SSSR count). The Kier molecular flexibility index (Phi) is 6.08. The summed E-state index contributed by atoms with van der Waals surface area (Å²) in [7, 11) is -1.81. The molecule has 26 heavy (non-hydrogen) atoms. The second kappa shape index (κ2) is 7.75. The lowest BCUT2D eigenvalue weighted by Crippen LogP contribution is -2.48. The molecule has 0 spiro atoms. The van der Waals surface area contributed by atoms with Crippen LogP contribution in [0.2, 0.25) is 18.1 Å². The Balaban J connectivity index is 1.85. The minimum atomic E-state index is -1.81. The third kappa shape index (κ3) is 5.04. The number of nitrogens with zero attached hydrogens (tertiary/aromatic N) is 2. The molecule has 1 aromatic rings. The molecule has 8 heteroatoms. The largest absolute Gasteiger partial charge is 0.415 e. The predicted octanol–water partition coefficient (Wildman–Crippen LogP) is 4.58. The average Bonchev–Trinajstić information content (AvgIpc) is 2.54. The zero-order chi connectivity index (χ0) is 19.5. The molecule has 1 aliphatic rings. The first-order valence-corrected chi connectivity index (χ1v) is 11.8. The van der Waals surface area contributed by atoms with E-state index < -0.39 is 19.3 Å². The van der Waals surface area contributed by atoms with Gasteiger partial charge < -0.3 is 14.1 Å². The van der Waals surface area contributed by atoms with Crippen molar-refractivity contribution in [2.45, 2.75) is 57.8 Å². The summed E-state index contributed by atoms with van der Waals surface area (Å²) in [5.74, 6) is 0.306. The zero-order valence-corrected chi connectivity index (χ0v) is 17.2. The Labute approximate surface area is 155 Å². The molecule has 0 saturated carbocycles. The highest BCUT2D eigenvalue weighted by Crippen LogP contribution is 2.38. The van der Waals surface area contributed by atoms with Gasteiger partial charge in [-0.15, -0.1) is 0 Å². The summed E-state index contributed by atoms with van der Waals surface area (Å²) in [4.78, 5) is 24.1. The summed E-state index contributed by atoms with van der Waals surface area (Å²) in [6.07, 6.45) is 1.34. The number of amides is 1. The molecule has 0 N–H and O–H groups in total. The van der Waals surface area contributed by atoms with Crippen LogP contribution in [0.4, 0.5) is 10.5 Å². The molecule has 0 radical (unpaired) electrons. The van der Waals surface area contributed by atoms with E-state index >= 15 is 0 Å². The molecule has 1 heterocycles. The number of likely N-dealkylation sites (tertiary alicyclic amines) is 1. The minimum Gasteiger partial charge on any atom is -0.414 e. The number of benzene rings is 1. The van der Waals surface area contributed by atoms with Gasteiger partial charge in [0.15, 0.2) is 8.32 Å². The normalized spacial score (nSPS) is 16.4. The van der Waals surface area contributed by atoms with Crippen LogP contribution in [-0.4, -0.2) is 43.4 Å². The Morgan fingerprint density at radius 1 is 1.19 bits per heavy atom. The number of non-ortho nitro benzene ring substituents is 1. The Hall–Kier alpha value is -1.93. The van der Waals surface area contributed by atoms with Crippen molar-refractivity contribution in [3.63, 3.8) is 0 Å². The predicted molar refractivity (Wildman–Crippen MR) is 102 cm³/mol. The van der Waals surface area contributed by atoms with Crippen molar-refractivity contribution >= 4 is 20.1 Å². The van der Waals surface area contributed by atoms with E-state index in [1.807, 2.05) is 0 Å². The van der Waals surface area contributed by atoms with Crippen LogP contribution in [0.1, 0.15) is 33.6 Å². The lowest BCUT2D eigenvalue weighted by atomic mass is 10.1. The first-order valence-electron chi connectivity index (χ1n) is 8.88. The number of nitro groups is 1. The first-order chi connectivity index (χ1) is 12.0. The van der Waals surface area contributed by atoms with Crippen molar-refractivity contribution in [1.29, 1.82) is 0 Å². The van der Waals surface area contributed by atoms with Gasteiger partial charge in [-0.2, -0.15) is 0 Å². The first kappa shape index (κ1) is 20.4. The summed E-state index contributed by atoms with van der Waals surface area (Å²) in [6.45, 7) is 12.3. The molecule has 144 valence electrons. The fourth-order valence-corrected chi connectivity index (χ4v) is 3.97. The third-order valence-corrected chi connectivity index (χ3v) is 9.76. The summed E-state index contributed by atoms with van der Waals surface area (Å²) in [6, 6.07) is 5.51. The molecule has 1 aromatic carbocycles. The van der Waals surface area contributed by atoms with E-state index in [1.165, 1.54) is 24.3 Å². The Morgan fingerprint density at radius 3 is 2.19 bits per heavy atom. The highest BCUT2D eigenvalue weighted by molar-refractivity contribution is 6.74. The number of carbonyl (C=O) groups is 1. The van der Waals surface area contributed by atoms with Gasteiger partial charge in [-0.05, 0) is 43.1 Å². The zero-order valence-electron chi connectivity index (χ0n) is 16.2. The number of hydrogen-bond acceptors (Lipinski definition) is 5. The Morgan fingerprint density at radius 2 is 1.73 bits per heavy atom. The van der Waals surface area contributed by atoms with Crippen LogP contribution >= 0.6 is 0 Å². The second-order valence-electron chi connectivity index (χ2n) is 8.18. The van der Waals surface area contributed by atoms with Crippen molar-refractivity contribution in [3.05, 3.63) is 34.4 Å². The number of carbonyl (C=O) groups excluding carboxylic acids is 1. The second-order valence-corrected chi connectivity index (χ2v) is 12.9. The summed E-state index contributed by atoms with van der Waals surface area (Å²) < 4.78 is 11.7. The molecule has 0 bridgehead atoms. The van der Waals surface area contributed by atoms with E-state index in [1.54, 1.807) is 4.90 Å². The van der Waals surface area contributed by atoms with Gasteiger partial charge in [0.05, 0.1) is 4.92 Å². The molecular formula is C18H28N2O5Si. The van der Waals surface area contributed by atoms with Crippen LogP contribution in [0.25, 0.3) is 0 Å². The molecule has 0 aromatic heterocycles. The van der Waals surface area contributed by atoms with Gasteiger partial charge in [-0.3, -0.25) is 10.1 Å². The number of nitro benzene ring substituents is 1. The highest BCUT2D eigenvalue weighted by Gasteiger charge is 2.40. The van der Waals surface area contributed by atoms with E-state index in [-0.39, 0.29) is 16.8 Å².